The molecule has 7 heteroatoms. The summed E-state index contributed by atoms with van der Waals surface area (Å²) in [6.45, 7) is 1.01. The molecule has 0 saturated carbocycles. The van der Waals surface area contributed by atoms with E-state index in [0.717, 1.165) is 0 Å². The quantitative estimate of drug-likeness (QED) is 0.547. The molecule has 0 fully saturated rings. The molecule has 120 valence electrons. The van der Waals surface area contributed by atoms with Gasteiger partial charge in [0.05, 0.1) is 30.9 Å². The lowest BCUT2D eigenvalue weighted by Gasteiger charge is -2.22. The molecule has 1 rings (SSSR count). The maximum atomic E-state index is 11.4. The van der Waals surface area contributed by atoms with E-state index in [1.165, 1.54) is 6.92 Å². The average molecular weight is 308 g/mol. The molecular formula is C15H20N2O5. The van der Waals surface area contributed by atoms with Gasteiger partial charge in [-0.25, -0.2) is 0 Å². The second kappa shape index (κ2) is 10.5. The molecule has 2 unspecified atom stereocenters. The summed E-state index contributed by atoms with van der Waals surface area (Å²) in [5.74, 6) is -2.71. The molecule has 0 radical (unpaired) electrons. The van der Waals surface area contributed by atoms with E-state index in [4.69, 9.17) is 20.6 Å². The van der Waals surface area contributed by atoms with Gasteiger partial charge < -0.3 is 20.6 Å². The van der Waals surface area contributed by atoms with Crippen molar-refractivity contribution in [3.63, 3.8) is 0 Å². The number of nitrogens with one attached hydrogen (secondary N) is 1. The third-order valence-electron chi connectivity index (χ3n) is 2.85. The number of nitrogens with zero attached hydrogens (tertiary/aromatic N) is 1. The van der Waals surface area contributed by atoms with Crippen molar-refractivity contribution >= 4 is 11.8 Å². The van der Waals surface area contributed by atoms with E-state index in [0.29, 0.717) is 11.1 Å². The topological polar surface area (TPSA) is 131 Å². The standard InChI is InChI=1S/C13H14N2O3.C2H6O2/c1-8(16)11(13(17)18)12(15-2)10-5-3-9(7-14)4-6-10;3-1-2-4/h3-6,11-12,15H,1-2H3,(H,17,18);3-4H,1-2H2. The molecule has 0 aliphatic carbocycles. The molecule has 0 amide bonds. The van der Waals surface area contributed by atoms with Crippen LogP contribution in [0, 0.1) is 17.2 Å². The Morgan fingerprint density at radius 3 is 2.00 bits per heavy atom. The molecule has 0 aromatic heterocycles. The Bertz CT molecular complexity index is 506. The predicted octanol–water partition coefficient (Wildman–Crippen LogP) is 0.0796. The lowest BCUT2D eigenvalue weighted by molar-refractivity contribution is -0.147. The van der Waals surface area contributed by atoms with Crippen molar-refractivity contribution in [1.82, 2.24) is 5.32 Å². The summed E-state index contributed by atoms with van der Waals surface area (Å²) < 4.78 is 0. The summed E-state index contributed by atoms with van der Waals surface area (Å²) in [4.78, 5) is 22.5. The number of aliphatic carboxylic acids is 1. The first-order valence-corrected chi connectivity index (χ1v) is 6.55. The van der Waals surface area contributed by atoms with Gasteiger partial charge in [0.1, 0.15) is 11.7 Å². The molecule has 4 N–H and O–H groups in total. The minimum Gasteiger partial charge on any atom is -0.481 e. The fraction of sp³-hybridized carbons (Fsp3) is 0.400. The Hall–Kier alpha value is -2.27. The van der Waals surface area contributed by atoms with Crippen LogP contribution in [-0.2, 0) is 9.59 Å². The van der Waals surface area contributed by atoms with E-state index >= 15 is 0 Å². The minimum absolute atomic E-state index is 0.125. The summed E-state index contributed by atoms with van der Waals surface area (Å²) in [6, 6.07) is 7.87. The first-order chi connectivity index (χ1) is 10.4. The van der Waals surface area contributed by atoms with Crippen LogP contribution < -0.4 is 5.32 Å². The molecule has 22 heavy (non-hydrogen) atoms. The lowest BCUT2D eigenvalue weighted by atomic mass is 9.90. The number of ketones is 1. The third kappa shape index (κ3) is 6.01. The van der Waals surface area contributed by atoms with Crippen LogP contribution in [0.15, 0.2) is 24.3 Å². The van der Waals surface area contributed by atoms with Crippen LogP contribution in [0.5, 0.6) is 0 Å². The third-order valence-corrected chi connectivity index (χ3v) is 2.85. The number of rotatable bonds is 6. The number of hydrogen-bond donors (Lipinski definition) is 4. The number of nitriles is 1. The fourth-order valence-electron chi connectivity index (χ4n) is 1.84. The van der Waals surface area contributed by atoms with Crippen molar-refractivity contribution in [3.8, 4) is 6.07 Å². The van der Waals surface area contributed by atoms with Gasteiger partial charge in [0.25, 0.3) is 0 Å². The Morgan fingerprint density at radius 2 is 1.73 bits per heavy atom. The second-order valence-electron chi connectivity index (χ2n) is 4.37. The predicted molar refractivity (Wildman–Crippen MR) is 78.9 cm³/mol. The van der Waals surface area contributed by atoms with Crippen LogP contribution in [0.2, 0.25) is 0 Å². The highest BCUT2D eigenvalue weighted by molar-refractivity contribution is 5.97. The number of carboxylic acid groups (broad SMARTS) is 1. The summed E-state index contributed by atoms with van der Waals surface area (Å²) >= 11 is 0. The minimum atomic E-state index is -1.16. The van der Waals surface area contributed by atoms with Crippen molar-refractivity contribution in [2.24, 2.45) is 5.92 Å². The number of hydrogen-bond acceptors (Lipinski definition) is 6. The van der Waals surface area contributed by atoms with Gasteiger partial charge in [-0.2, -0.15) is 5.26 Å². The zero-order valence-corrected chi connectivity index (χ0v) is 12.5. The van der Waals surface area contributed by atoms with Gasteiger partial charge in [0.15, 0.2) is 0 Å². The second-order valence-corrected chi connectivity index (χ2v) is 4.37. The summed E-state index contributed by atoms with van der Waals surface area (Å²) in [7, 11) is 1.60. The zero-order chi connectivity index (χ0) is 17.1. The van der Waals surface area contributed by atoms with E-state index in [9.17, 15) is 9.59 Å². The Kier molecular flexibility index (Phi) is 9.38. The zero-order valence-electron chi connectivity index (χ0n) is 12.5. The van der Waals surface area contributed by atoms with Crippen molar-refractivity contribution < 1.29 is 24.9 Å². The first kappa shape index (κ1) is 19.7. The Balaban J connectivity index is 0.000000980. The number of carbonyl (C=O) groups excluding carboxylic acids is 1. The summed E-state index contributed by atoms with van der Waals surface area (Å²) in [6.07, 6.45) is 0. The molecular weight excluding hydrogens is 288 g/mol. The monoisotopic (exact) mass is 308 g/mol. The van der Waals surface area contributed by atoms with Crippen LogP contribution in [0.25, 0.3) is 0 Å². The van der Waals surface area contributed by atoms with Gasteiger partial charge in [0.2, 0.25) is 0 Å². The van der Waals surface area contributed by atoms with Crippen molar-refractivity contribution in [3.05, 3.63) is 35.4 Å². The lowest BCUT2D eigenvalue weighted by Crippen LogP contribution is -2.35. The van der Waals surface area contributed by atoms with Gasteiger partial charge in [-0.3, -0.25) is 9.59 Å². The van der Waals surface area contributed by atoms with Gasteiger partial charge >= 0.3 is 5.97 Å². The van der Waals surface area contributed by atoms with E-state index in [1.807, 2.05) is 6.07 Å². The Labute approximate surface area is 128 Å². The molecule has 1 aromatic carbocycles. The van der Waals surface area contributed by atoms with E-state index in [1.54, 1.807) is 31.3 Å². The van der Waals surface area contributed by atoms with Gasteiger partial charge in [-0.1, -0.05) is 12.1 Å². The maximum absolute atomic E-state index is 11.4. The smallest absolute Gasteiger partial charge is 0.315 e. The van der Waals surface area contributed by atoms with Crippen LogP contribution >= 0.6 is 0 Å². The van der Waals surface area contributed by atoms with Crippen molar-refractivity contribution in [2.75, 3.05) is 20.3 Å². The van der Waals surface area contributed by atoms with Crippen LogP contribution in [0.4, 0.5) is 0 Å². The molecule has 0 spiro atoms. The molecule has 7 nitrogen and oxygen atoms in total. The van der Waals surface area contributed by atoms with Crippen LogP contribution in [0.3, 0.4) is 0 Å². The van der Waals surface area contributed by atoms with E-state index in [2.05, 4.69) is 5.32 Å². The number of carbonyl (C=O) groups is 2. The number of aliphatic hydroxyl groups is 2. The molecule has 0 heterocycles. The maximum Gasteiger partial charge on any atom is 0.315 e. The average Bonchev–Trinajstić information content (AvgIpc) is 2.52. The normalized spacial score (nSPS) is 12.3. The van der Waals surface area contributed by atoms with E-state index in [-0.39, 0.29) is 13.2 Å². The van der Waals surface area contributed by atoms with Crippen LogP contribution in [0.1, 0.15) is 24.1 Å². The van der Waals surface area contributed by atoms with Gasteiger partial charge in [-0.15, -0.1) is 0 Å². The van der Waals surface area contributed by atoms with Crippen LogP contribution in [-0.4, -0.2) is 47.3 Å². The Morgan fingerprint density at radius 1 is 1.23 bits per heavy atom. The van der Waals surface area contributed by atoms with Crippen molar-refractivity contribution in [2.45, 2.75) is 13.0 Å². The largest absolute Gasteiger partial charge is 0.481 e. The summed E-state index contributed by atoms with van der Waals surface area (Å²) in [5.41, 5.74) is 1.16. The van der Waals surface area contributed by atoms with E-state index < -0.39 is 23.7 Å². The molecule has 0 saturated heterocycles. The summed E-state index contributed by atoms with van der Waals surface area (Å²) in [5, 5.41) is 35.9. The number of benzene rings is 1. The van der Waals surface area contributed by atoms with Gasteiger partial charge in [0, 0.05) is 0 Å². The molecule has 0 aliphatic heterocycles. The fourth-order valence-corrected chi connectivity index (χ4v) is 1.84. The van der Waals surface area contributed by atoms with Crippen molar-refractivity contribution in [1.29, 1.82) is 5.26 Å². The SMILES string of the molecule is CNC(c1ccc(C#N)cc1)C(C(C)=O)C(=O)O.OCCO. The molecule has 1 aromatic rings. The first-order valence-electron chi connectivity index (χ1n) is 6.55. The highest BCUT2D eigenvalue weighted by Crippen LogP contribution is 2.23. The van der Waals surface area contributed by atoms with Gasteiger partial charge in [-0.05, 0) is 31.7 Å². The highest BCUT2D eigenvalue weighted by atomic mass is 16.4. The number of aliphatic hydroxyl groups excluding tert-OH is 2. The number of carboxylic acids is 1. The molecule has 2 atom stereocenters. The highest BCUT2D eigenvalue weighted by Gasteiger charge is 2.32. The molecule has 0 aliphatic rings. The molecule has 0 bridgehead atoms. The number of Topliss-reactive ketones (excluding diaryl/α,β-unsaturated/α-hetero) is 1.